The van der Waals surface area contributed by atoms with E-state index in [1.165, 1.54) is 36.4 Å². The topological polar surface area (TPSA) is 43.6 Å². The van der Waals surface area contributed by atoms with Crippen LogP contribution in [-0.2, 0) is 12.4 Å². The van der Waals surface area contributed by atoms with Gasteiger partial charge >= 0.3 is 12.4 Å². The molecule has 10 heteroatoms. The second-order valence-electron chi connectivity index (χ2n) is 16.6. The zero-order valence-corrected chi connectivity index (χ0v) is 36.3. The highest BCUT2D eigenvalue weighted by molar-refractivity contribution is 6.13. The number of aromatic nitrogens is 4. The maximum atomic E-state index is 15.5. The molecule has 0 bridgehead atoms. The highest BCUT2D eigenvalue weighted by atomic mass is 19.4. The van der Waals surface area contributed by atoms with Crippen LogP contribution < -0.4 is 0 Å². The van der Waals surface area contributed by atoms with Crippen molar-refractivity contribution < 1.29 is 26.3 Å². The van der Waals surface area contributed by atoms with Crippen molar-refractivity contribution >= 4 is 21.8 Å². The van der Waals surface area contributed by atoms with Gasteiger partial charge in [0.05, 0.1) is 27.8 Å². The predicted molar refractivity (Wildman–Crippen MR) is 262 cm³/mol. The van der Waals surface area contributed by atoms with Gasteiger partial charge in [-0.2, -0.15) is 26.3 Å². The lowest BCUT2D eigenvalue weighted by Crippen LogP contribution is -2.11. The lowest BCUT2D eigenvalue weighted by molar-refractivity contribution is -0.137. The molecular formula is C59H36F6N4. The molecule has 69 heavy (non-hydrogen) atoms. The molecule has 9 aromatic carbocycles. The van der Waals surface area contributed by atoms with Gasteiger partial charge in [0.2, 0.25) is 0 Å². The molecule has 0 amide bonds. The van der Waals surface area contributed by atoms with Crippen molar-refractivity contribution in [3.8, 4) is 84.4 Å². The Morgan fingerprint density at radius 2 is 0.623 bits per heavy atom. The number of halogens is 6. The third-order valence-corrected chi connectivity index (χ3v) is 12.3. The van der Waals surface area contributed by atoms with Crippen LogP contribution in [0.25, 0.3) is 106 Å². The summed E-state index contributed by atoms with van der Waals surface area (Å²) in [7, 11) is 0. The van der Waals surface area contributed by atoms with Crippen LogP contribution in [0.4, 0.5) is 26.3 Å². The van der Waals surface area contributed by atoms with E-state index in [9.17, 15) is 0 Å². The minimum atomic E-state index is -4.86. The first-order chi connectivity index (χ1) is 33.5. The van der Waals surface area contributed by atoms with Crippen LogP contribution in [0.15, 0.2) is 218 Å². The first-order valence-electron chi connectivity index (χ1n) is 22.1. The van der Waals surface area contributed by atoms with Gasteiger partial charge < -0.3 is 4.57 Å². The maximum absolute atomic E-state index is 15.5. The van der Waals surface area contributed by atoms with Crippen molar-refractivity contribution in [1.29, 1.82) is 0 Å². The van der Waals surface area contributed by atoms with E-state index < -0.39 is 23.5 Å². The summed E-state index contributed by atoms with van der Waals surface area (Å²) in [6.45, 7) is 0. The minimum absolute atomic E-state index is 0.00779. The molecule has 0 spiro atoms. The van der Waals surface area contributed by atoms with Crippen molar-refractivity contribution in [3.05, 3.63) is 230 Å². The number of rotatable bonds is 8. The van der Waals surface area contributed by atoms with Crippen LogP contribution in [0, 0.1) is 0 Å². The quantitative estimate of drug-likeness (QED) is 0.143. The predicted octanol–water partition coefficient (Wildman–Crippen LogP) is 16.7. The molecule has 0 aliphatic rings. The number of hydrogen-bond acceptors (Lipinski definition) is 3. The van der Waals surface area contributed by atoms with Crippen molar-refractivity contribution in [2.24, 2.45) is 0 Å². The van der Waals surface area contributed by atoms with E-state index >= 15 is 26.3 Å². The number of hydrogen-bond donors (Lipinski definition) is 0. The largest absolute Gasteiger partial charge is 0.417 e. The zero-order valence-electron chi connectivity index (χ0n) is 36.3. The molecule has 2 aromatic heterocycles. The average Bonchev–Trinajstić information content (AvgIpc) is 3.71. The minimum Gasteiger partial charge on any atom is -0.308 e. The highest BCUT2D eigenvalue weighted by Gasteiger charge is 2.37. The second-order valence-corrected chi connectivity index (χ2v) is 16.6. The molecule has 0 aliphatic heterocycles. The Labute approximate surface area is 392 Å². The van der Waals surface area contributed by atoms with Crippen molar-refractivity contribution in [2.45, 2.75) is 12.4 Å². The molecule has 0 saturated heterocycles. The normalized spacial score (nSPS) is 11.9. The van der Waals surface area contributed by atoms with Crippen LogP contribution in [-0.4, -0.2) is 19.5 Å². The molecule has 0 atom stereocenters. The van der Waals surface area contributed by atoms with Crippen molar-refractivity contribution in [2.75, 3.05) is 0 Å². The van der Waals surface area contributed by atoms with Gasteiger partial charge in [0.25, 0.3) is 0 Å². The van der Waals surface area contributed by atoms with E-state index in [0.717, 1.165) is 45.2 Å². The van der Waals surface area contributed by atoms with Gasteiger partial charge in [0.1, 0.15) is 0 Å². The van der Waals surface area contributed by atoms with E-state index in [2.05, 4.69) is 0 Å². The Balaban J connectivity index is 1.31. The van der Waals surface area contributed by atoms with Gasteiger partial charge in [-0.05, 0) is 81.9 Å². The first kappa shape index (κ1) is 43.0. The first-order valence-corrected chi connectivity index (χ1v) is 22.1. The van der Waals surface area contributed by atoms with Gasteiger partial charge in [-0.1, -0.05) is 170 Å². The number of benzene rings is 9. The standard InChI is InChI=1S/C59H36F6N4/c60-58(61,62)50-27-15-13-25-44(50)48-35-43(57-67-55(39-21-9-3-10-22-39)66-56(68-57)40-23-11-4-12-24-40)36-49(45-26-14-16-28-51(45)59(63,64)65)54(48)69-52-31-29-41(37-17-5-1-6-18-37)33-46(52)47-34-42(30-32-53(47)69)38-19-7-2-8-20-38/h1-36H. The third kappa shape index (κ3) is 8.09. The molecule has 0 radical (unpaired) electrons. The van der Waals surface area contributed by atoms with E-state index in [0.29, 0.717) is 22.2 Å². The Kier molecular flexibility index (Phi) is 10.7. The maximum Gasteiger partial charge on any atom is 0.417 e. The number of alkyl halides is 6. The summed E-state index contributed by atoms with van der Waals surface area (Å²) in [5, 5.41) is 1.49. The second kappa shape index (κ2) is 17.2. The van der Waals surface area contributed by atoms with E-state index in [1.54, 1.807) is 16.7 Å². The summed E-state index contributed by atoms with van der Waals surface area (Å²) in [5.74, 6) is 0.584. The molecule has 11 aromatic rings. The fraction of sp³-hybridized carbons (Fsp3) is 0.0339. The Morgan fingerprint density at radius 1 is 0.290 bits per heavy atom. The lowest BCUT2D eigenvalue weighted by Gasteiger charge is -2.24. The van der Waals surface area contributed by atoms with Gasteiger partial charge in [-0.3, -0.25) is 0 Å². The highest BCUT2D eigenvalue weighted by Crippen LogP contribution is 2.49. The molecule has 0 aliphatic carbocycles. The summed E-state index contributed by atoms with van der Waals surface area (Å²) < 4.78 is 94.7. The molecule has 0 unspecified atom stereocenters. The molecule has 0 N–H and O–H groups in total. The Bertz CT molecular complexity index is 3450. The summed E-state index contributed by atoms with van der Waals surface area (Å²) in [6.07, 6.45) is -9.73. The van der Waals surface area contributed by atoms with Crippen LogP contribution in [0.1, 0.15) is 11.1 Å². The van der Waals surface area contributed by atoms with E-state index in [1.807, 2.05) is 158 Å². The van der Waals surface area contributed by atoms with E-state index in [-0.39, 0.29) is 51.0 Å². The van der Waals surface area contributed by atoms with Crippen LogP contribution in [0.3, 0.4) is 0 Å². The van der Waals surface area contributed by atoms with Gasteiger partial charge in [0, 0.05) is 38.6 Å². The molecular weight excluding hydrogens is 879 g/mol. The zero-order chi connectivity index (χ0) is 47.3. The fourth-order valence-electron chi connectivity index (χ4n) is 9.17. The summed E-state index contributed by atoms with van der Waals surface area (Å²) in [6, 6.07) is 62.9. The Morgan fingerprint density at radius 3 is 1.00 bits per heavy atom. The summed E-state index contributed by atoms with van der Waals surface area (Å²) >= 11 is 0. The third-order valence-electron chi connectivity index (χ3n) is 12.3. The smallest absolute Gasteiger partial charge is 0.308 e. The SMILES string of the molecule is FC(F)(F)c1ccccc1-c1cc(-c2nc(-c3ccccc3)nc(-c3ccccc3)n2)cc(-c2ccccc2C(F)(F)F)c1-n1c2ccc(-c3ccccc3)cc2c2cc(-c3ccccc3)ccc21. The van der Waals surface area contributed by atoms with Gasteiger partial charge in [-0.25, -0.2) is 15.0 Å². The molecule has 4 nitrogen and oxygen atoms in total. The molecule has 2 heterocycles. The molecule has 0 saturated carbocycles. The van der Waals surface area contributed by atoms with Crippen LogP contribution in [0.5, 0.6) is 0 Å². The summed E-state index contributed by atoms with van der Waals surface area (Å²) in [5.41, 5.74) is 3.90. The van der Waals surface area contributed by atoms with Gasteiger partial charge in [-0.15, -0.1) is 0 Å². The monoisotopic (exact) mass is 914 g/mol. The van der Waals surface area contributed by atoms with E-state index in [4.69, 9.17) is 15.0 Å². The van der Waals surface area contributed by atoms with Crippen molar-refractivity contribution in [3.63, 3.8) is 0 Å². The summed E-state index contributed by atoms with van der Waals surface area (Å²) in [4.78, 5) is 14.6. The Hall–Kier alpha value is -8.63. The van der Waals surface area contributed by atoms with Gasteiger partial charge in [0.15, 0.2) is 17.5 Å². The molecule has 334 valence electrons. The lowest BCUT2D eigenvalue weighted by atomic mass is 9.88. The molecule has 11 rings (SSSR count). The van der Waals surface area contributed by atoms with Crippen LogP contribution >= 0.6 is 0 Å². The van der Waals surface area contributed by atoms with Crippen LogP contribution in [0.2, 0.25) is 0 Å². The number of nitrogens with zero attached hydrogens (tertiary/aromatic N) is 4. The number of fused-ring (bicyclic) bond motifs is 3. The average molecular weight is 915 g/mol. The molecule has 0 fully saturated rings. The fourth-order valence-corrected chi connectivity index (χ4v) is 9.17. The van der Waals surface area contributed by atoms with Crippen molar-refractivity contribution in [1.82, 2.24) is 19.5 Å².